The van der Waals surface area contributed by atoms with Crippen LogP contribution >= 0.6 is 0 Å². The average molecular weight is 322 g/mol. The van der Waals surface area contributed by atoms with E-state index in [1.54, 1.807) is 0 Å². The van der Waals surface area contributed by atoms with Crippen molar-refractivity contribution < 1.29 is 9.00 Å². The van der Waals surface area contributed by atoms with Crippen molar-refractivity contribution in [3.05, 3.63) is 29.8 Å². The van der Waals surface area contributed by atoms with E-state index >= 15 is 0 Å². The van der Waals surface area contributed by atoms with E-state index in [2.05, 4.69) is 10.6 Å². The van der Waals surface area contributed by atoms with E-state index in [0.29, 0.717) is 12.6 Å². The van der Waals surface area contributed by atoms with E-state index in [1.807, 2.05) is 31.2 Å². The lowest BCUT2D eigenvalue weighted by atomic mass is 9.94. The lowest BCUT2D eigenvalue weighted by Gasteiger charge is -2.31. The summed E-state index contributed by atoms with van der Waals surface area (Å²) in [7, 11) is -0.748. The minimum absolute atomic E-state index is 0.0601. The first-order valence-electron chi connectivity index (χ1n) is 8.08. The molecule has 1 aliphatic rings. The molecule has 122 valence electrons. The minimum Gasteiger partial charge on any atom is -0.326 e. The molecular formula is C17H26N2O2S. The Morgan fingerprint density at radius 1 is 1.27 bits per heavy atom. The molecule has 0 aliphatic heterocycles. The van der Waals surface area contributed by atoms with Crippen molar-refractivity contribution in [1.29, 1.82) is 0 Å². The topological polar surface area (TPSA) is 58.2 Å². The molecule has 3 unspecified atom stereocenters. The van der Waals surface area contributed by atoms with Crippen LogP contribution in [0.1, 0.15) is 45.1 Å². The molecule has 0 bridgehead atoms. The normalized spacial score (nSPS) is 23.0. The molecule has 1 fully saturated rings. The predicted octanol–water partition coefficient (Wildman–Crippen LogP) is 2.81. The highest BCUT2D eigenvalue weighted by Crippen LogP contribution is 2.24. The van der Waals surface area contributed by atoms with Crippen molar-refractivity contribution >= 4 is 22.4 Å². The van der Waals surface area contributed by atoms with Gasteiger partial charge in [0.1, 0.15) is 0 Å². The molecule has 1 aromatic rings. The summed E-state index contributed by atoms with van der Waals surface area (Å²) in [6.07, 6.45) is 4.50. The summed E-state index contributed by atoms with van der Waals surface area (Å²) in [5, 5.41) is 6.70. The number of hydrogen-bond donors (Lipinski definition) is 2. The zero-order chi connectivity index (χ0) is 15.9. The summed E-state index contributed by atoms with van der Waals surface area (Å²) in [6.45, 7) is 4.21. The molecule has 1 amide bonds. The van der Waals surface area contributed by atoms with Gasteiger partial charge in [-0.25, -0.2) is 0 Å². The van der Waals surface area contributed by atoms with Crippen molar-refractivity contribution in [3.63, 3.8) is 0 Å². The highest BCUT2D eigenvalue weighted by molar-refractivity contribution is 7.85. The minimum atomic E-state index is -0.748. The number of rotatable bonds is 6. The quantitative estimate of drug-likeness (QED) is 0.847. The zero-order valence-corrected chi connectivity index (χ0v) is 14.2. The molecule has 2 rings (SSSR count). The number of carbonyl (C=O) groups excluding carboxylic acids is 1. The van der Waals surface area contributed by atoms with Gasteiger partial charge < -0.3 is 10.6 Å². The van der Waals surface area contributed by atoms with Gasteiger partial charge in [-0.3, -0.25) is 9.00 Å². The molecule has 3 atom stereocenters. The maximum absolute atomic E-state index is 12.2. The largest absolute Gasteiger partial charge is 0.326 e. The Morgan fingerprint density at radius 3 is 2.73 bits per heavy atom. The van der Waals surface area contributed by atoms with Gasteiger partial charge in [0.25, 0.3) is 0 Å². The summed E-state index contributed by atoms with van der Waals surface area (Å²) < 4.78 is 12.2. The van der Waals surface area contributed by atoms with E-state index in [-0.39, 0.29) is 11.2 Å². The van der Waals surface area contributed by atoms with E-state index in [0.717, 1.165) is 29.8 Å². The Hall–Kier alpha value is -1.20. The van der Waals surface area contributed by atoms with Crippen LogP contribution in [-0.2, 0) is 22.1 Å². The molecule has 5 heteroatoms. The molecule has 22 heavy (non-hydrogen) atoms. The lowest BCUT2D eigenvalue weighted by Crippen LogP contribution is -2.44. The highest BCUT2D eigenvalue weighted by atomic mass is 32.2. The van der Waals surface area contributed by atoms with Crippen LogP contribution in [0.2, 0.25) is 0 Å². The van der Waals surface area contributed by atoms with Gasteiger partial charge in [0.2, 0.25) is 5.91 Å². The van der Waals surface area contributed by atoms with E-state index in [4.69, 9.17) is 0 Å². The third-order valence-electron chi connectivity index (χ3n) is 4.21. The highest BCUT2D eigenvalue weighted by Gasteiger charge is 2.28. The molecule has 0 spiro atoms. The van der Waals surface area contributed by atoms with Gasteiger partial charge in [0, 0.05) is 41.8 Å². The molecule has 1 aliphatic carbocycles. The molecule has 0 heterocycles. The maximum Gasteiger partial charge on any atom is 0.221 e. The third kappa shape index (κ3) is 4.65. The van der Waals surface area contributed by atoms with Crippen molar-refractivity contribution in [2.45, 2.75) is 57.4 Å². The summed E-state index contributed by atoms with van der Waals surface area (Å²) in [6, 6.07) is 8.14. The Labute approximate surface area is 135 Å². The summed E-state index contributed by atoms with van der Waals surface area (Å²) in [4.78, 5) is 11.3. The fraction of sp³-hybridized carbons (Fsp3) is 0.588. The SMILES string of the molecule is CCS(=O)C1CCCCC1NCc1ccccc1NC(C)=O. The molecular weight excluding hydrogens is 296 g/mol. The standard InChI is InChI=1S/C17H26N2O2S/c1-3-22(21)17-11-7-6-10-16(17)18-12-14-8-4-5-9-15(14)19-13(2)20/h4-5,8-9,16-18H,3,6-7,10-12H2,1-2H3,(H,19,20). The molecule has 1 aromatic carbocycles. The zero-order valence-electron chi connectivity index (χ0n) is 13.4. The predicted molar refractivity (Wildman–Crippen MR) is 92.3 cm³/mol. The van der Waals surface area contributed by atoms with Gasteiger partial charge >= 0.3 is 0 Å². The summed E-state index contributed by atoms with van der Waals surface area (Å²) in [5.74, 6) is 0.667. The Balaban J connectivity index is 2.02. The summed E-state index contributed by atoms with van der Waals surface area (Å²) >= 11 is 0. The summed E-state index contributed by atoms with van der Waals surface area (Å²) in [5.41, 5.74) is 1.93. The van der Waals surface area contributed by atoms with Gasteiger partial charge in [0.15, 0.2) is 0 Å². The van der Waals surface area contributed by atoms with Crippen LogP contribution in [0.25, 0.3) is 0 Å². The Kier molecular flexibility index (Phi) is 6.58. The van der Waals surface area contributed by atoms with Crippen LogP contribution in [0.15, 0.2) is 24.3 Å². The Morgan fingerprint density at radius 2 is 2.00 bits per heavy atom. The number of nitrogens with one attached hydrogen (secondary N) is 2. The molecule has 0 radical (unpaired) electrons. The number of amides is 1. The van der Waals surface area contributed by atoms with E-state index < -0.39 is 10.8 Å². The molecule has 4 nitrogen and oxygen atoms in total. The van der Waals surface area contributed by atoms with Crippen molar-refractivity contribution in [1.82, 2.24) is 5.32 Å². The van der Waals surface area contributed by atoms with Crippen LogP contribution in [0.3, 0.4) is 0 Å². The molecule has 0 saturated heterocycles. The van der Waals surface area contributed by atoms with Gasteiger partial charge in [-0.15, -0.1) is 0 Å². The third-order valence-corrected chi connectivity index (χ3v) is 6.02. The average Bonchev–Trinajstić information content (AvgIpc) is 2.53. The van der Waals surface area contributed by atoms with Gasteiger partial charge in [0.05, 0.1) is 5.25 Å². The fourth-order valence-corrected chi connectivity index (χ4v) is 4.54. The first-order chi connectivity index (χ1) is 10.6. The second kappa shape index (κ2) is 8.44. The van der Waals surface area contributed by atoms with Crippen LogP contribution in [-0.4, -0.2) is 27.2 Å². The lowest BCUT2D eigenvalue weighted by molar-refractivity contribution is -0.114. The van der Waals surface area contributed by atoms with Crippen molar-refractivity contribution in [3.8, 4) is 0 Å². The fourth-order valence-electron chi connectivity index (χ4n) is 3.09. The van der Waals surface area contributed by atoms with Crippen LogP contribution < -0.4 is 10.6 Å². The van der Waals surface area contributed by atoms with Crippen LogP contribution in [0.5, 0.6) is 0 Å². The molecule has 2 N–H and O–H groups in total. The molecule has 1 saturated carbocycles. The van der Waals surface area contributed by atoms with Crippen molar-refractivity contribution in [2.75, 3.05) is 11.1 Å². The second-order valence-electron chi connectivity index (χ2n) is 5.82. The number of benzene rings is 1. The smallest absolute Gasteiger partial charge is 0.221 e. The van der Waals surface area contributed by atoms with E-state index in [9.17, 15) is 9.00 Å². The maximum atomic E-state index is 12.2. The van der Waals surface area contributed by atoms with Crippen LogP contribution in [0.4, 0.5) is 5.69 Å². The van der Waals surface area contributed by atoms with E-state index in [1.165, 1.54) is 19.8 Å². The molecule has 0 aromatic heterocycles. The number of anilines is 1. The van der Waals surface area contributed by atoms with Gasteiger partial charge in [-0.2, -0.15) is 0 Å². The number of hydrogen-bond acceptors (Lipinski definition) is 3. The monoisotopic (exact) mass is 322 g/mol. The Bertz CT molecular complexity index is 533. The first kappa shape index (κ1) is 17.2. The number of carbonyl (C=O) groups is 1. The van der Waals surface area contributed by atoms with Crippen LogP contribution in [0, 0.1) is 0 Å². The first-order valence-corrected chi connectivity index (χ1v) is 9.46. The van der Waals surface area contributed by atoms with Gasteiger partial charge in [-0.1, -0.05) is 38.0 Å². The second-order valence-corrected chi connectivity index (χ2v) is 7.76. The van der Waals surface area contributed by atoms with Gasteiger partial charge in [-0.05, 0) is 24.5 Å². The van der Waals surface area contributed by atoms with Crippen molar-refractivity contribution in [2.24, 2.45) is 0 Å². The number of para-hydroxylation sites is 1.